The maximum atomic E-state index is 4.49. The second-order valence-electron chi connectivity index (χ2n) is 6.06. The Morgan fingerprint density at radius 3 is 2.79 bits per heavy atom. The van der Waals surface area contributed by atoms with E-state index in [4.69, 9.17) is 0 Å². The average molecular weight is 255 g/mol. The van der Waals surface area contributed by atoms with Gasteiger partial charge in [0.1, 0.15) is 0 Å². The minimum Gasteiger partial charge on any atom is -0.373 e. The normalized spacial score (nSPS) is 16.7. The van der Waals surface area contributed by atoms with Gasteiger partial charge >= 0.3 is 0 Å². The van der Waals surface area contributed by atoms with Crippen LogP contribution in [0.15, 0.2) is 30.7 Å². The minimum absolute atomic E-state index is 0.241. The molecule has 3 rings (SSSR count). The fourth-order valence-electron chi connectivity index (χ4n) is 3.02. The molecule has 0 saturated carbocycles. The Bertz CT molecular complexity index is 610. The quantitative estimate of drug-likeness (QED) is 0.821. The lowest BCUT2D eigenvalue weighted by Crippen LogP contribution is -2.24. The summed E-state index contributed by atoms with van der Waals surface area (Å²) in [7, 11) is 2.17. The van der Waals surface area contributed by atoms with Crippen LogP contribution < -0.4 is 4.90 Å². The van der Waals surface area contributed by atoms with Crippen LogP contribution in [0.25, 0.3) is 11.3 Å². The highest BCUT2D eigenvalue weighted by molar-refractivity contribution is 5.71. The number of imidazole rings is 1. The van der Waals surface area contributed by atoms with E-state index in [0.717, 1.165) is 18.8 Å². The number of aromatic nitrogens is 2. The van der Waals surface area contributed by atoms with Gasteiger partial charge in [0.15, 0.2) is 0 Å². The van der Waals surface area contributed by atoms with Gasteiger partial charge in [-0.25, -0.2) is 4.98 Å². The number of nitrogens with zero attached hydrogens (tertiary/aromatic N) is 3. The molecule has 3 heteroatoms. The van der Waals surface area contributed by atoms with Crippen molar-refractivity contribution in [1.29, 1.82) is 0 Å². The van der Waals surface area contributed by atoms with Crippen LogP contribution in [0.5, 0.6) is 0 Å². The number of rotatable bonds is 2. The summed E-state index contributed by atoms with van der Waals surface area (Å²) < 4.78 is 2.11. The van der Waals surface area contributed by atoms with E-state index >= 15 is 0 Å². The monoisotopic (exact) mass is 255 g/mol. The SMILES string of the molecule is CCn1cnc(-c2ccc3c(c2)N(C)CC3(C)C)c1. The van der Waals surface area contributed by atoms with Crippen molar-refractivity contribution in [3.05, 3.63) is 36.3 Å². The zero-order chi connectivity index (χ0) is 13.6. The third-order valence-corrected chi connectivity index (χ3v) is 4.06. The Morgan fingerprint density at radius 1 is 1.32 bits per heavy atom. The van der Waals surface area contributed by atoms with Crippen molar-refractivity contribution in [2.45, 2.75) is 32.7 Å². The fraction of sp³-hybridized carbons (Fsp3) is 0.438. The Labute approximate surface area is 114 Å². The topological polar surface area (TPSA) is 21.1 Å². The summed E-state index contributed by atoms with van der Waals surface area (Å²) in [6.07, 6.45) is 4.01. The van der Waals surface area contributed by atoms with Crippen molar-refractivity contribution >= 4 is 5.69 Å². The Kier molecular flexibility index (Phi) is 2.66. The Balaban J connectivity index is 2.05. The van der Waals surface area contributed by atoms with Gasteiger partial charge in [-0.15, -0.1) is 0 Å². The fourth-order valence-corrected chi connectivity index (χ4v) is 3.02. The summed E-state index contributed by atoms with van der Waals surface area (Å²) in [4.78, 5) is 6.83. The summed E-state index contributed by atoms with van der Waals surface area (Å²) >= 11 is 0. The molecular formula is C16H21N3. The molecule has 0 aliphatic carbocycles. The largest absolute Gasteiger partial charge is 0.373 e. The molecule has 0 spiro atoms. The lowest BCUT2D eigenvalue weighted by atomic mass is 9.86. The molecule has 0 amide bonds. The van der Waals surface area contributed by atoms with E-state index in [1.165, 1.54) is 16.8 Å². The number of aryl methyl sites for hydroxylation is 1. The summed E-state index contributed by atoms with van der Waals surface area (Å²) in [6, 6.07) is 6.73. The van der Waals surface area contributed by atoms with E-state index in [1.807, 2.05) is 6.33 Å². The number of hydrogen-bond donors (Lipinski definition) is 0. The maximum absolute atomic E-state index is 4.49. The molecule has 2 aromatic rings. The molecule has 1 aliphatic rings. The first-order valence-electron chi connectivity index (χ1n) is 6.89. The van der Waals surface area contributed by atoms with E-state index in [9.17, 15) is 0 Å². The molecule has 1 aliphatic heterocycles. The number of hydrogen-bond acceptors (Lipinski definition) is 2. The summed E-state index contributed by atoms with van der Waals surface area (Å²) in [5, 5.41) is 0. The van der Waals surface area contributed by atoms with Gasteiger partial charge in [-0.2, -0.15) is 0 Å². The maximum Gasteiger partial charge on any atom is 0.0953 e. The lowest BCUT2D eigenvalue weighted by molar-refractivity contribution is 0.563. The van der Waals surface area contributed by atoms with Crippen LogP contribution in [0.4, 0.5) is 5.69 Å². The zero-order valence-electron chi connectivity index (χ0n) is 12.1. The van der Waals surface area contributed by atoms with Gasteiger partial charge < -0.3 is 9.47 Å². The highest BCUT2D eigenvalue weighted by atomic mass is 15.1. The van der Waals surface area contributed by atoms with E-state index < -0.39 is 0 Å². The average Bonchev–Trinajstić information content (AvgIpc) is 2.93. The molecule has 0 bridgehead atoms. The van der Waals surface area contributed by atoms with E-state index in [0.29, 0.717) is 0 Å². The summed E-state index contributed by atoms with van der Waals surface area (Å²) in [6.45, 7) is 8.78. The van der Waals surface area contributed by atoms with Crippen molar-refractivity contribution in [3.8, 4) is 11.3 Å². The third-order valence-electron chi connectivity index (χ3n) is 4.06. The van der Waals surface area contributed by atoms with E-state index in [2.05, 4.69) is 66.7 Å². The number of benzene rings is 1. The highest BCUT2D eigenvalue weighted by Gasteiger charge is 2.33. The Hall–Kier alpha value is -1.77. The van der Waals surface area contributed by atoms with Gasteiger partial charge in [-0.1, -0.05) is 26.0 Å². The van der Waals surface area contributed by atoms with Crippen LogP contribution in [0.1, 0.15) is 26.3 Å². The van der Waals surface area contributed by atoms with E-state index in [-0.39, 0.29) is 5.41 Å². The molecule has 1 aromatic carbocycles. The van der Waals surface area contributed by atoms with Crippen molar-refractivity contribution in [2.24, 2.45) is 0 Å². The molecule has 2 heterocycles. The van der Waals surface area contributed by atoms with Crippen LogP contribution in [0.3, 0.4) is 0 Å². The predicted molar refractivity (Wildman–Crippen MR) is 79.6 cm³/mol. The van der Waals surface area contributed by atoms with Crippen molar-refractivity contribution in [2.75, 3.05) is 18.5 Å². The van der Waals surface area contributed by atoms with Crippen molar-refractivity contribution < 1.29 is 0 Å². The van der Waals surface area contributed by atoms with Gasteiger partial charge in [0.2, 0.25) is 0 Å². The van der Waals surface area contributed by atoms with Crippen LogP contribution in [-0.2, 0) is 12.0 Å². The molecule has 3 nitrogen and oxygen atoms in total. The minimum atomic E-state index is 0.241. The molecule has 0 radical (unpaired) electrons. The predicted octanol–water partition coefficient (Wildman–Crippen LogP) is 3.30. The molecule has 0 saturated heterocycles. The van der Waals surface area contributed by atoms with Crippen LogP contribution in [0, 0.1) is 0 Å². The lowest BCUT2D eigenvalue weighted by Gasteiger charge is -2.18. The smallest absolute Gasteiger partial charge is 0.0953 e. The van der Waals surface area contributed by atoms with Gasteiger partial charge in [-0.3, -0.25) is 0 Å². The van der Waals surface area contributed by atoms with Crippen LogP contribution in [0.2, 0.25) is 0 Å². The van der Waals surface area contributed by atoms with Gasteiger partial charge in [0.05, 0.1) is 12.0 Å². The molecular weight excluding hydrogens is 234 g/mol. The standard InChI is InChI=1S/C16H21N3/c1-5-19-9-14(17-11-19)12-6-7-13-15(8-12)18(4)10-16(13,2)3/h6-9,11H,5,10H2,1-4H3. The second-order valence-corrected chi connectivity index (χ2v) is 6.06. The van der Waals surface area contributed by atoms with Gasteiger partial charge in [0.25, 0.3) is 0 Å². The molecule has 0 N–H and O–H groups in total. The summed E-state index contributed by atoms with van der Waals surface area (Å²) in [5.41, 5.74) is 5.28. The molecule has 1 aromatic heterocycles. The number of anilines is 1. The van der Waals surface area contributed by atoms with Crippen molar-refractivity contribution in [3.63, 3.8) is 0 Å². The first-order valence-corrected chi connectivity index (χ1v) is 6.89. The number of likely N-dealkylation sites (N-methyl/N-ethyl adjacent to an activating group) is 1. The van der Waals surface area contributed by atoms with E-state index in [1.54, 1.807) is 0 Å². The molecule has 19 heavy (non-hydrogen) atoms. The van der Waals surface area contributed by atoms with Crippen molar-refractivity contribution in [1.82, 2.24) is 9.55 Å². The molecule has 0 fully saturated rings. The third kappa shape index (κ3) is 1.93. The molecule has 0 unspecified atom stereocenters. The molecule has 0 atom stereocenters. The summed E-state index contributed by atoms with van der Waals surface area (Å²) in [5.74, 6) is 0. The van der Waals surface area contributed by atoms with Gasteiger partial charge in [-0.05, 0) is 18.6 Å². The van der Waals surface area contributed by atoms with Gasteiger partial charge in [0, 0.05) is 43.0 Å². The zero-order valence-corrected chi connectivity index (χ0v) is 12.1. The highest BCUT2D eigenvalue weighted by Crippen LogP contribution is 2.41. The second kappa shape index (κ2) is 4.12. The van der Waals surface area contributed by atoms with Crippen LogP contribution in [-0.4, -0.2) is 23.1 Å². The van der Waals surface area contributed by atoms with Crippen LogP contribution >= 0.6 is 0 Å². The first kappa shape index (κ1) is 12.3. The number of fused-ring (bicyclic) bond motifs is 1. The molecule has 100 valence electrons. The Morgan fingerprint density at radius 2 is 2.11 bits per heavy atom. The first-order chi connectivity index (χ1) is 9.01.